The molecule has 0 saturated heterocycles. The molecule has 1 heterocycles. The third kappa shape index (κ3) is 6.27. The van der Waals surface area contributed by atoms with Crippen LogP contribution in [-0.4, -0.2) is 40.3 Å². The molecule has 0 bridgehead atoms. The van der Waals surface area contributed by atoms with E-state index in [1.807, 2.05) is 18.2 Å². The molecule has 0 spiro atoms. The van der Waals surface area contributed by atoms with Crippen LogP contribution in [0, 0.1) is 0 Å². The molecule has 0 saturated carbocycles. The van der Waals surface area contributed by atoms with Gasteiger partial charge in [-0.2, -0.15) is 0 Å². The van der Waals surface area contributed by atoms with Crippen LogP contribution in [0.25, 0.3) is 5.70 Å². The first kappa shape index (κ1) is 25.3. The summed E-state index contributed by atoms with van der Waals surface area (Å²) < 4.78 is -0.341. The molecule has 2 atom stereocenters. The van der Waals surface area contributed by atoms with Gasteiger partial charge in [-0.3, -0.25) is 4.90 Å². The summed E-state index contributed by atoms with van der Waals surface area (Å²) >= 11 is 10.8. The van der Waals surface area contributed by atoms with Crippen molar-refractivity contribution < 1.29 is 9.26 Å². The van der Waals surface area contributed by atoms with Crippen molar-refractivity contribution in [1.82, 2.24) is 10.2 Å². The highest BCUT2D eigenvalue weighted by Crippen LogP contribution is 2.30. The molecular formula is C28H37ClN3OS+. The molecule has 182 valence electrons. The fraction of sp³-hybridized carbons (Fsp3) is 0.429. The highest BCUT2D eigenvalue weighted by atomic mass is 35.5. The summed E-state index contributed by atoms with van der Waals surface area (Å²) in [6, 6.07) is 15.2. The van der Waals surface area contributed by atoms with E-state index in [-0.39, 0.29) is 4.05 Å². The molecule has 1 aliphatic heterocycles. The maximum atomic E-state index is 10.1. The molecule has 0 amide bonds. The lowest BCUT2D eigenvalue weighted by Crippen LogP contribution is -2.45. The number of hydrogen-bond acceptors (Lipinski definition) is 4. The van der Waals surface area contributed by atoms with Gasteiger partial charge in [-0.25, -0.2) is 5.21 Å². The number of hydrogen-bond donors (Lipinski definition) is 3. The van der Waals surface area contributed by atoms with Gasteiger partial charge in [0.1, 0.15) is 13.6 Å². The molecular weight excluding hydrogens is 462 g/mol. The molecule has 2 aliphatic rings. The van der Waals surface area contributed by atoms with Crippen molar-refractivity contribution >= 4 is 30.1 Å². The SMILES string of the molecule is CC/C=C(/NC1=C(C)CCN(C2CCc3ccc(C[N+](C)(O)S)cc3C2)C1)c1ccccc1Cl. The minimum absolute atomic E-state index is 0.341. The van der Waals surface area contributed by atoms with Crippen LogP contribution in [0.4, 0.5) is 0 Å². The Kier molecular flexibility index (Phi) is 8.11. The largest absolute Gasteiger partial charge is 0.358 e. The standard InChI is InChI=1S/C28H37ClN3OS/c1-4-7-27(25-8-5-6-9-26(25)29)30-28-18-31(15-14-20(28)2)24-13-12-22-11-10-21(16-23(22)17-24)19-32(3,33)34/h5-11,16,24,30,33-34H,4,12-15,17-19H2,1-3H3/q+1/b27-7+. The molecule has 4 nitrogen and oxygen atoms in total. The number of benzene rings is 2. The van der Waals surface area contributed by atoms with Crippen molar-refractivity contribution in [3.8, 4) is 0 Å². The van der Waals surface area contributed by atoms with Crippen LogP contribution >= 0.6 is 24.4 Å². The molecule has 34 heavy (non-hydrogen) atoms. The number of aryl methyl sites for hydroxylation is 1. The van der Waals surface area contributed by atoms with Gasteiger partial charge >= 0.3 is 0 Å². The van der Waals surface area contributed by atoms with E-state index in [0.717, 1.165) is 60.6 Å². The third-order valence-corrected chi connectivity index (χ3v) is 7.45. The van der Waals surface area contributed by atoms with Gasteiger partial charge in [0.15, 0.2) is 0 Å². The Labute approximate surface area is 215 Å². The lowest BCUT2D eigenvalue weighted by molar-refractivity contribution is -0.985. The fourth-order valence-electron chi connectivity index (χ4n) is 5.16. The zero-order valence-corrected chi connectivity index (χ0v) is 22.2. The van der Waals surface area contributed by atoms with E-state index in [1.165, 1.54) is 28.8 Å². The Morgan fingerprint density at radius 2 is 2.03 bits per heavy atom. The Hall–Kier alpha value is -1.76. The number of nitrogens with zero attached hydrogens (tertiary/aromatic N) is 2. The zero-order chi connectivity index (χ0) is 24.3. The molecule has 0 aromatic heterocycles. The summed E-state index contributed by atoms with van der Waals surface area (Å²) in [6.45, 7) is 6.93. The third-order valence-electron chi connectivity index (χ3n) is 6.98. The molecule has 2 aromatic rings. The van der Waals surface area contributed by atoms with Gasteiger partial charge in [-0.1, -0.05) is 60.5 Å². The van der Waals surface area contributed by atoms with Gasteiger partial charge in [0.2, 0.25) is 0 Å². The maximum absolute atomic E-state index is 10.1. The smallest absolute Gasteiger partial charge is 0.145 e. The molecule has 2 N–H and O–H groups in total. The normalized spacial score (nSPS) is 21.2. The van der Waals surface area contributed by atoms with Crippen LogP contribution < -0.4 is 5.32 Å². The number of fused-ring (bicyclic) bond motifs is 1. The van der Waals surface area contributed by atoms with Crippen LogP contribution in [0.1, 0.15) is 55.4 Å². The van der Waals surface area contributed by atoms with Gasteiger partial charge in [0, 0.05) is 46.7 Å². The van der Waals surface area contributed by atoms with Crippen LogP contribution in [0.3, 0.4) is 0 Å². The Bertz CT molecular complexity index is 1090. The van der Waals surface area contributed by atoms with Crippen molar-refractivity contribution in [3.05, 3.63) is 87.1 Å². The molecule has 4 rings (SSSR count). The number of allylic oxidation sites excluding steroid dienone is 1. The van der Waals surface area contributed by atoms with Crippen molar-refractivity contribution in [2.45, 2.75) is 58.5 Å². The minimum Gasteiger partial charge on any atom is -0.358 e. The van der Waals surface area contributed by atoms with Gasteiger partial charge in [-0.15, -0.1) is 4.05 Å². The van der Waals surface area contributed by atoms with Crippen LogP contribution in [-0.2, 0) is 19.4 Å². The van der Waals surface area contributed by atoms with Crippen molar-refractivity contribution in [3.63, 3.8) is 0 Å². The first-order valence-electron chi connectivity index (χ1n) is 12.3. The van der Waals surface area contributed by atoms with E-state index >= 15 is 0 Å². The van der Waals surface area contributed by atoms with E-state index in [0.29, 0.717) is 12.6 Å². The lowest BCUT2D eigenvalue weighted by atomic mass is 9.85. The van der Waals surface area contributed by atoms with E-state index in [4.69, 9.17) is 11.6 Å². The number of hydroxylamine groups is 2. The number of nitrogens with one attached hydrogen (secondary N) is 1. The molecule has 1 aliphatic carbocycles. The van der Waals surface area contributed by atoms with Crippen molar-refractivity contribution in [2.24, 2.45) is 0 Å². The second-order valence-corrected chi connectivity index (χ2v) is 11.1. The van der Waals surface area contributed by atoms with Crippen LogP contribution in [0.15, 0.2) is 59.8 Å². The lowest BCUT2D eigenvalue weighted by Gasteiger charge is -2.39. The Morgan fingerprint density at radius 3 is 2.76 bits per heavy atom. The van der Waals surface area contributed by atoms with Crippen molar-refractivity contribution in [1.29, 1.82) is 0 Å². The topological polar surface area (TPSA) is 35.5 Å². The monoisotopic (exact) mass is 498 g/mol. The number of quaternary nitrogens is 1. The summed E-state index contributed by atoms with van der Waals surface area (Å²) in [7, 11) is 1.69. The summed E-state index contributed by atoms with van der Waals surface area (Å²) in [5.41, 5.74) is 8.87. The predicted octanol–water partition coefficient (Wildman–Crippen LogP) is 6.40. The highest BCUT2D eigenvalue weighted by Gasteiger charge is 2.28. The highest BCUT2D eigenvalue weighted by molar-refractivity contribution is 7.74. The van der Waals surface area contributed by atoms with Gasteiger partial charge < -0.3 is 5.32 Å². The quantitative estimate of drug-likeness (QED) is 0.235. The summed E-state index contributed by atoms with van der Waals surface area (Å²) in [4.78, 5) is 2.64. The van der Waals surface area contributed by atoms with Crippen molar-refractivity contribution in [2.75, 3.05) is 20.1 Å². The van der Waals surface area contributed by atoms with E-state index in [1.54, 1.807) is 7.05 Å². The van der Waals surface area contributed by atoms with Gasteiger partial charge in [-0.05, 0) is 62.3 Å². The average molecular weight is 499 g/mol. The Morgan fingerprint density at radius 1 is 1.24 bits per heavy atom. The minimum atomic E-state index is -0.341. The number of halogens is 1. The van der Waals surface area contributed by atoms with E-state index < -0.39 is 0 Å². The van der Waals surface area contributed by atoms with E-state index in [2.05, 4.69) is 67.2 Å². The molecule has 0 fully saturated rings. The summed E-state index contributed by atoms with van der Waals surface area (Å²) in [6.07, 6.45) is 7.60. The molecule has 2 aromatic carbocycles. The first-order chi connectivity index (χ1) is 16.2. The first-order valence-corrected chi connectivity index (χ1v) is 13.1. The molecule has 0 radical (unpaired) electrons. The summed E-state index contributed by atoms with van der Waals surface area (Å²) in [5.74, 6) is 0. The molecule has 6 heteroatoms. The van der Waals surface area contributed by atoms with E-state index in [9.17, 15) is 5.21 Å². The Balaban J connectivity index is 1.49. The predicted molar refractivity (Wildman–Crippen MR) is 145 cm³/mol. The molecule has 2 unspecified atom stereocenters. The second-order valence-electron chi connectivity index (χ2n) is 9.86. The number of rotatable bonds is 7. The van der Waals surface area contributed by atoms with Gasteiger partial charge in [0.25, 0.3) is 0 Å². The van der Waals surface area contributed by atoms with Crippen LogP contribution in [0.5, 0.6) is 0 Å². The number of thiol groups is 1. The van der Waals surface area contributed by atoms with Gasteiger partial charge in [0.05, 0.1) is 12.8 Å². The maximum Gasteiger partial charge on any atom is 0.145 e. The second kappa shape index (κ2) is 10.9. The average Bonchev–Trinajstić information content (AvgIpc) is 2.79. The van der Waals surface area contributed by atoms with Crippen LogP contribution in [0.2, 0.25) is 5.02 Å². The fourth-order valence-corrected chi connectivity index (χ4v) is 5.56. The summed E-state index contributed by atoms with van der Waals surface area (Å²) in [5, 5.41) is 14.6. The zero-order valence-electron chi connectivity index (χ0n) is 20.5.